The minimum Gasteiger partial charge on any atom is -0.493 e. The maximum Gasteiger partial charge on any atom is 0.254 e. The van der Waals surface area contributed by atoms with Crippen LogP contribution in [0, 0.1) is 0 Å². The summed E-state index contributed by atoms with van der Waals surface area (Å²) in [5, 5.41) is 6.68. The number of ether oxygens (including phenoxy) is 1. The second-order valence-electron chi connectivity index (χ2n) is 6.82. The van der Waals surface area contributed by atoms with Gasteiger partial charge in [0, 0.05) is 31.3 Å². The van der Waals surface area contributed by atoms with Crippen molar-refractivity contribution in [3.05, 3.63) is 69.8 Å². The molecule has 1 aliphatic heterocycles. The van der Waals surface area contributed by atoms with Gasteiger partial charge >= 0.3 is 0 Å². The number of amides is 1. The van der Waals surface area contributed by atoms with Crippen molar-refractivity contribution in [1.29, 1.82) is 0 Å². The smallest absolute Gasteiger partial charge is 0.254 e. The molecule has 0 saturated heterocycles. The van der Waals surface area contributed by atoms with E-state index in [-0.39, 0.29) is 5.91 Å². The van der Waals surface area contributed by atoms with Crippen molar-refractivity contribution < 1.29 is 9.53 Å². The topological polar surface area (TPSA) is 76.1 Å². The quantitative estimate of drug-likeness (QED) is 0.522. The molecule has 0 unspecified atom stereocenters. The fourth-order valence-electron chi connectivity index (χ4n) is 3.22. The molecule has 0 spiro atoms. The van der Waals surface area contributed by atoms with Gasteiger partial charge in [-0.2, -0.15) is 0 Å². The van der Waals surface area contributed by atoms with Crippen molar-refractivity contribution in [1.82, 2.24) is 15.3 Å². The van der Waals surface area contributed by atoms with Crippen LogP contribution in [0.1, 0.15) is 22.3 Å². The first-order valence-corrected chi connectivity index (χ1v) is 10.4. The molecule has 6 nitrogen and oxygen atoms in total. The van der Waals surface area contributed by atoms with Gasteiger partial charge in [0.1, 0.15) is 5.75 Å². The molecule has 1 aromatic heterocycles. The van der Waals surface area contributed by atoms with Gasteiger partial charge in [0.2, 0.25) is 5.95 Å². The highest BCUT2D eigenvalue weighted by atomic mass is 35.5. The number of fused-ring (bicyclic) bond motifs is 1. The monoisotopic (exact) mass is 442 g/mol. The molecule has 0 aliphatic carbocycles. The van der Waals surface area contributed by atoms with E-state index in [0.29, 0.717) is 41.1 Å². The maximum atomic E-state index is 12.3. The number of rotatable bonds is 7. The lowest BCUT2D eigenvalue weighted by molar-refractivity contribution is 0.0954. The summed E-state index contributed by atoms with van der Waals surface area (Å²) in [5.74, 6) is 1.17. The Morgan fingerprint density at radius 1 is 1.10 bits per heavy atom. The van der Waals surface area contributed by atoms with Gasteiger partial charge in [-0.15, -0.1) is 0 Å². The Labute approximate surface area is 184 Å². The summed E-state index contributed by atoms with van der Waals surface area (Å²) in [6.07, 6.45) is 3.36. The SMILES string of the molecule is O=C(NCCCNc1nccc(-c2ccc3c(c2)OCC3)n1)c1c(Cl)cccc1Cl. The van der Waals surface area contributed by atoms with E-state index in [4.69, 9.17) is 27.9 Å². The van der Waals surface area contributed by atoms with E-state index in [1.165, 1.54) is 5.56 Å². The molecule has 0 bridgehead atoms. The summed E-state index contributed by atoms with van der Waals surface area (Å²) < 4.78 is 5.64. The van der Waals surface area contributed by atoms with Crippen LogP contribution in [-0.2, 0) is 6.42 Å². The van der Waals surface area contributed by atoms with Crippen LogP contribution in [-0.4, -0.2) is 35.6 Å². The van der Waals surface area contributed by atoms with Crippen molar-refractivity contribution in [2.75, 3.05) is 25.0 Å². The van der Waals surface area contributed by atoms with E-state index in [2.05, 4.69) is 32.7 Å². The predicted molar refractivity (Wildman–Crippen MR) is 119 cm³/mol. The number of hydrogen-bond donors (Lipinski definition) is 2. The molecule has 1 amide bonds. The predicted octanol–water partition coefficient (Wildman–Crippen LogP) is 4.62. The van der Waals surface area contributed by atoms with Gasteiger partial charge in [-0.1, -0.05) is 41.4 Å². The van der Waals surface area contributed by atoms with Crippen LogP contribution in [0.15, 0.2) is 48.7 Å². The third-order valence-corrected chi connectivity index (χ3v) is 5.39. The second kappa shape index (κ2) is 9.32. The molecule has 3 aromatic rings. The Bertz CT molecular complexity index is 1050. The molecular formula is C22H20Cl2N4O2. The van der Waals surface area contributed by atoms with Gasteiger partial charge in [-0.05, 0) is 36.2 Å². The molecule has 2 aromatic carbocycles. The molecule has 0 atom stereocenters. The Morgan fingerprint density at radius 2 is 1.93 bits per heavy atom. The third-order valence-electron chi connectivity index (χ3n) is 4.76. The molecule has 4 rings (SSSR count). The number of carbonyl (C=O) groups is 1. The number of nitrogens with one attached hydrogen (secondary N) is 2. The maximum absolute atomic E-state index is 12.3. The van der Waals surface area contributed by atoms with Crippen LogP contribution in [0.2, 0.25) is 10.0 Å². The van der Waals surface area contributed by atoms with Crippen LogP contribution in [0.4, 0.5) is 5.95 Å². The first-order valence-electron chi connectivity index (χ1n) is 9.67. The zero-order chi connectivity index (χ0) is 20.9. The summed E-state index contributed by atoms with van der Waals surface area (Å²) in [5.41, 5.74) is 3.34. The van der Waals surface area contributed by atoms with Crippen molar-refractivity contribution >= 4 is 35.1 Å². The van der Waals surface area contributed by atoms with E-state index in [1.54, 1.807) is 24.4 Å². The lowest BCUT2D eigenvalue weighted by Crippen LogP contribution is -2.26. The zero-order valence-corrected chi connectivity index (χ0v) is 17.6. The van der Waals surface area contributed by atoms with Crippen molar-refractivity contribution in [3.63, 3.8) is 0 Å². The molecule has 154 valence electrons. The first kappa shape index (κ1) is 20.4. The molecule has 2 heterocycles. The van der Waals surface area contributed by atoms with E-state index >= 15 is 0 Å². The lowest BCUT2D eigenvalue weighted by Gasteiger charge is -2.10. The van der Waals surface area contributed by atoms with Gasteiger partial charge in [-0.3, -0.25) is 4.79 Å². The number of anilines is 1. The van der Waals surface area contributed by atoms with E-state index in [0.717, 1.165) is 30.0 Å². The van der Waals surface area contributed by atoms with Crippen molar-refractivity contribution in [2.45, 2.75) is 12.8 Å². The van der Waals surface area contributed by atoms with Gasteiger partial charge in [0.25, 0.3) is 5.91 Å². The summed E-state index contributed by atoms with van der Waals surface area (Å²) in [7, 11) is 0. The summed E-state index contributed by atoms with van der Waals surface area (Å²) in [4.78, 5) is 21.1. The van der Waals surface area contributed by atoms with E-state index < -0.39 is 0 Å². The Hall–Kier alpha value is -2.83. The van der Waals surface area contributed by atoms with Gasteiger partial charge in [0.15, 0.2) is 0 Å². The van der Waals surface area contributed by atoms with Gasteiger partial charge < -0.3 is 15.4 Å². The van der Waals surface area contributed by atoms with Crippen LogP contribution in [0.3, 0.4) is 0 Å². The normalized spacial score (nSPS) is 12.2. The number of hydrogen-bond acceptors (Lipinski definition) is 5. The fourth-order valence-corrected chi connectivity index (χ4v) is 3.79. The van der Waals surface area contributed by atoms with E-state index in [1.807, 2.05) is 12.1 Å². The van der Waals surface area contributed by atoms with Crippen LogP contribution >= 0.6 is 23.2 Å². The lowest BCUT2D eigenvalue weighted by atomic mass is 10.1. The van der Waals surface area contributed by atoms with Crippen molar-refractivity contribution in [3.8, 4) is 17.0 Å². The van der Waals surface area contributed by atoms with Crippen LogP contribution in [0.5, 0.6) is 5.75 Å². The highest BCUT2D eigenvalue weighted by Crippen LogP contribution is 2.30. The summed E-state index contributed by atoms with van der Waals surface area (Å²) >= 11 is 12.1. The molecule has 2 N–H and O–H groups in total. The van der Waals surface area contributed by atoms with Crippen LogP contribution < -0.4 is 15.4 Å². The molecule has 8 heteroatoms. The standard InChI is InChI=1S/C22H20Cl2N4O2/c23-16-3-1-4-17(24)20(16)21(29)25-9-2-10-26-22-27-11-7-18(28-22)15-6-5-14-8-12-30-19(14)13-15/h1,3-7,11,13H,2,8-10,12H2,(H,25,29)(H,26,27,28). The van der Waals surface area contributed by atoms with Crippen molar-refractivity contribution in [2.24, 2.45) is 0 Å². The largest absolute Gasteiger partial charge is 0.493 e. The minimum absolute atomic E-state index is 0.289. The fraction of sp³-hybridized carbons (Fsp3) is 0.227. The Kier molecular flexibility index (Phi) is 6.35. The molecule has 30 heavy (non-hydrogen) atoms. The molecular weight excluding hydrogens is 423 g/mol. The average Bonchev–Trinajstić information content (AvgIpc) is 3.21. The third kappa shape index (κ3) is 4.66. The number of benzene rings is 2. The zero-order valence-electron chi connectivity index (χ0n) is 16.1. The average molecular weight is 443 g/mol. The minimum atomic E-state index is -0.289. The molecule has 0 radical (unpaired) electrons. The number of aromatic nitrogens is 2. The highest BCUT2D eigenvalue weighted by Gasteiger charge is 2.14. The van der Waals surface area contributed by atoms with E-state index in [9.17, 15) is 4.79 Å². The molecule has 0 saturated carbocycles. The second-order valence-corrected chi connectivity index (χ2v) is 7.63. The molecule has 0 fully saturated rings. The first-order chi connectivity index (χ1) is 14.6. The number of carbonyl (C=O) groups excluding carboxylic acids is 1. The summed E-state index contributed by atoms with van der Waals surface area (Å²) in [6, 6.07) is 13.0. The number of halogens is 2. The molecule has 1 aliphatic rings. The van der Waals surface area contributed by atoms with Gasteiger partial charge in [-0.25, -0.2) is 9.97 Å². The van der Waals surface area contributed by atoms with Crippen LogP contribution in [0.25, 0.3) is 11.3 Å². The number of nitrogens with zero attached hydrogens (tertiary/aromatic N) is 2. The highest BCUT2D eigenvalue weighted by molar-refractivity contribution is 6.39. The Morgan fingerprint density at radius 3 is 2.77 bits per heavy atom. The Balaban J connectivity index is 1.29. The summed E-state index contributed by atoms with van der Waals surface area (Å²) in [6.45, 7) is 1.80. The van der Waals surface area contributed by atoms with Gasteiger partial charge in [0.05, 0.1) is 27.9 Å².